The standard InChI is InChI=1S/C17H18Cl2F3N3O2/c1-11-14(18)15(19)25(24-11)7-3-6-23-16(26)13-5-2-4-12(8-13)9-27-10-17(20,21)22/h2,4-5,8H,3,6-7,9-10H2,1H3,(H,23,26). The van der Waals surface area contributed by atoms with Gasteiger partial charge in [0.2, 0.25) is 0 Å². The fraction of sp³-hybridized carbons (Fsp3) is 0.412. The number of carbonyl (C=O) groups excluding carboxylic acids is 1. The second-order valence-electron chi connectivity index (χ2n) is 5.83. The van der Waals surface area contributed by atoms with E-state index in [1.807, 2.05) is 0 Å². The predicted octanol–water partition coefficient (Wildman–Crippen LogP) is 4.40. The summed E-state index contributed by atoms with van der Waals surface area (Å²) in [5, 5.41) is 7.69. The molecule has 1 amide bonds. The van der Waals surface area contributed by atoms with Crippen molar-refractivity contribution in [2.45, 2.75) is 32.7 Å². The van der Waals surface area contributed by atoms with E-state index in [0.717, 1.165) is 0 Å². The van der Waals surface area contributed by atoms with Crippen molar-refractivity contribution >= 4 is 29.1 Å². The van der Waals surface area contributed by atoms with Gasteiger partial charge in [-0.3, -0.25) is 9.48 Å². The smallest absolute Gasteiger partial charge is 0.367 e. The summed E-state index contributed by atoms with van der Waals surface area (Å²) in [6, 6.07) is 6.27. The van der Waals surface area contributed by atoms with Crippen LogP contribution in [0.15, 0.2) is 24.3 Å². The fourth-order valence-corrected chi connectivity index (χ4v) is 2.69. The molecule has 0 fully saturated rings. The molecule has 0 saturated carbocycles. The van der Waals surface area contributed by atoms with Crippen molar-refractivity contribution in [3.05, 3.63) is 51.3 Å². The monoisotopic (exact) mass is 423 g/mol. The average Bonchev–Trinajstić information content (AvgIpc) is 2.84. The minimum Gasteiger partial charge on any atom is -0.367 e. The molecule has 2 aromatic rings. The summed E-state index contributed by atoms with van der Waals surface area (Å²) in [6.45, 7) is 1.05. The van der Waals surface area contributed by atoms with Crippen LogP contribution in [0.1, 0.15) is 28.0 Å². The second-order valence-corrected chi connectivity index (χ2v) is 6.57. The summed E-state index contributed by atoms with van der Waals surface area (Å²) >= 11 is 12.0. The molecule has 0 atom stereocenters. The number of hydrogen-bond acceptors (Lipinski definition) is 3. The average molecular weight is 424 g/mol. The molecule has 0 spiro atoms. The maximum absolute atomic E-state index is 12.2. The maximum Gasteiger partial charge on any atom is 0.411 e. The van der Waals surface area contributed by atoms with Crippen LogP contribution in [0.5, 0.6) is 0 Å². The van der Waals surface area contributed by atoms with Gasteiger partial charge in [-0.1, -0.05) is 35.3 Å². The zero-order valence-corrected chi connectivity index (χ0v) is 16.0. The van der Waals surface area contributed by atoms with E-state index >= 15 is 0 Å². The number of amides is 1. The van der Waals surface area contributed by atoms with Gasteiger partial charge in [-0.15, -0.1) is 0 Å². The Labute approximate surface area is 164 Å². The van der Waals surface area contributed by atoms with Crippen LogP contribution in [0.25, 0.3) is 0 Å². The van der Waals surface area contributed by atoms with Gasteiger partial charge in [-0.2, -0.15) is 18.3 Å². The summed E-state index contributed by atoms with van der Waals surface area (Å²) in [5.41, 5.74) is 1.47. The third kappa shape index (κ3) is 6.71. The molecule has 148 valence electrons. The number of nitrogens with one attached hydrogen (secondary N) is 1. The molecule has 5 nitrogen and oxygen atoms in total. The highest BCUT2D eigenvalue weighted by Gasteiger charge is 2.27. The molecule has 0 aliphatic rings. The van der Waals surface area contributed by atoms with Crippen LogP contribution >= 0.6 is 23.2 Å². The molecule has 1 aromatic carbocycles. The summed E-state index contributed by atoms with van der Waals surface area (Å²) in [4.78, 5) is 12.2. The maximum atomic E-state index is 12.2. The van der Waals surface area contributed by atoms with E-state index in [4.69, 9.17) is 23.2 Å². The summed E-state index contributed by atoms with van der Waals surface area (Å²) in [5.74, 6) is -0.326. The van der Waals surface area contributed by atoms with Crippen LogP contribution in [-0.4, -0.2) is 35.0 Å². The quantitative estimate of drug-likeness (QED) is 0.640. The van der Waals surface area contributed by atoms with E-state index in [1.165, 1.54) is 6.07 Å². The molecule has 1 aromatic heterocycles. The second kappa shape index (κ2) is 9.43. The summed E-state index contributed by atoms with van der Waals surface area (Å²) in [7, 11) is 0. The van der Waals surface area contributed by atoms with Crippen LogP contribution < -0.4 is 5.32 Å². The molecule has 0 aliphatic carbocycles. The first-order chi connectivity index (χ1) is 12.7. The van der Waals surface area contributed by atoms with Crippen molar-refractivity contribution in [3.8, 4) is 0 Å². The zero-order chi connectivity index (χ0) is 20.0. The van der Waals surface area contributed by atoms with E-state index in [-0.39, 0.29) is 12.5 Å². The Morgan fingerprint density at radius 1 is 1.33 bits per heavy atom. The van der Waals surface area contributed by atoms with Crippen LogP contribution in [-0.2, 0) is 17.9 Å². The number of nitrogens with zero attached hydrogens (tertiary/aromatic N) is 2. The summed E-state index contributed by atoms with van der Waals surface area (Å²) < 4.78 is 42.5. The molecular weight excluding hydrogens is 406 g/mol. The SMILES string of the molecule is Cc1nn(CCCNC(=O)c2cccc(COCC(F)(F)F)c2)c(Cl)c1Cl. The fourth-order valence-electron chi connectivity index (χ4n) is 2.30. The van der Waals surface area contributed by atoms with E-state index in [2.05, 4.69) is 15.2 Å². The van der Waals surface area contributed by atoms with Crippen LogP contribution in [0.2, 0.25) is 10.2 Å². The number of rotatable bonds is 8. The van der Waals surface area contributed by atoms with Crippen molar-refractivity contribution < 1.29 is 22.7 Å². The van der Waals surface area contributed by atoms with Gasteiger partial charge < -0.3 is 10.1 Å². The topological polar surface area (TPSA) is 56.2 Å². The predicted molar refractivity (Wildman–Crippen MR) is 96.1 cm³/mol. The van der Waals surface area contributed by atoms with Crippen molar-refractivity contribution in [1.29, 1.82) is 0 Å². The van der Waals surface area contributed by atoms with Crippen molar-refractivity contribution in [2.75, 3.05) is 13.2 Å². The van der Waals surface area contributed by atoms with Gasteiger partial charge >= 0.3 is 6.18 Å². The highest BCUT2D eigenvalue weighted by atomic mass is 35.5. The first kappa shape index (κ1) is 21.5. The minimum atomic E-state index is -4.38. The first-order valence-electron chi connectivity index (χ1n) is 8.07. The number of benzene rings is 1. The first-order valence-corrected chi connectivity index (χ1v) is 8.83. The molecular formula is C17H18Cl2F3N3O2. The van der Waals surface area contributed by atoms with Crippen molar-refractivity contribution in [3.63, 3.8) is 0 Å². The number of hydrogen-bond donors (Lipinski definition) is 1. The van der Waals surface area contributed by atoms with Gasteiger partial charge in [-0.05, 0) is 31.0 Å². The largest absolute Gasteiger partial charge is 0.411 e. The van der Waals surface area contributed by atoms with Crippen LogP contribution in [0.4, 0.5) is 13.2 Å². The normalized spacial score (nSPS) is 11.6. The van der Waals surface area contributed by atoms with E-state index in [0.29, 0.717) is 46.5 Å². The lowest BCUT2D eigenvalue weighted by Crippen LogP contribution is -2.25. The zero-order valence-electron chi connectivity index (χ0n) is 14.4. The molecule has 2 rings (SSSR count). The van der Waals surface area contributed by atoms with Crippen LogP contribution in [0.3, 0.4) is 0 Å². The van der Waals surface area contributed by atoms with Gasteiger partial charge in [0, 0.05) is 18.7 Å². The molecule has 27 heavy (non-hydrogen) atoms. The molecule has 0 radical (unpaired) electrons. The highest BCUT2D eigenvalue weighted by Crippen LogP contribution is 2.24. The molecule has 0 aliphatic heterocycles. The number of aromatic nitrogens is 2. The van der Waals surface area contributed by atoms with Gasteiger partial charge in [-0.25, -0.2) is 0 Å². The van der Waals surface area contributed by atoms with Gasteiger partial charge in [0.05, 0.1) is 12.3 Å². The Balaban J connectivity index is 1.80. The molecule has 1 N–H and O–H groups in total. The molecule has 1 heterocycles. The van der Waals surface area contributed by atoms with E-state index in [1.54, 1.807) is 29.8 Å². The number of alkyl halides is 3. The molecule has 0 saturated heterocycles. The number of carbonyl (C=O) groups is 1. The van der Waals surface area contributed by atoms with Gasteiger partial charge in [0.25, 0.3) is 5.91 Å². The summed E-state index contributed by atoms with van der Waals surface area (Å²) in [6.07, 6.45) is -3.80. The number of ether oxygens (including phenoxy) is 1. The molecule has 10 heteroatoms. The third-order valence-electron chi connectivity index (χ3n) is 3.55. The molecule has 0 unspecified atom stereocenters. The highest BCUT2D eigenvalue weighted by molar-refractivity contribution is 6.41. The number of halogens is 5. The lowest BCUT2D eigenvalue weighted by molar-refractivity contribution is -0.176. The van der Waals surface area contributed by atoms with Gasteiger partial charge in [0.1, 0.15) is 16.8 Å². The van der Waals surface area contributed by atoms with E-state index in [9.17, 15) is 18.0 Å². The Bertz CT molecular complexity index is 794. The Morgan fingerprint density at radius 3 is 2.70 bits per heavy atom. The minimum absolute atomic E-state index is 0.224. The van der Waals surface area contributed by atoms with E-state index < -0.39 is 12.8 Å². The van der Waals surface area contributed by atoms with Gasteiger partial charge in [0.15, 0.2) is 0 Å². The van der Waals surface area contributed by atoms with Crippen molar-refractivity contribution in [2.24, 2.45) is 0 Å². The molecule has 0 bridgehead atoms. The number of aryl methyl sites for hydroxylation is 2. The third-order valence-corrected chi connectivity index (χ3v) is 4.49. The van der Waals surface area contributed by atoms with Crippen molar-refractivity contribution in [1.82, 2.24) is 15.1 Å². The Morgan fingerprint density at radius 2 is 2.07 bits per heavy atom. The lowest BCUT2D eigenvalue weighted by atomic mass is 10.1. The Hall–Kier alpha value is -1.77. The Kier molecular flexibility index (Phi) is 7.52. The lowest BCUT2D eigenvalue weighted by Gasteiger charge is -2.09. The van der Waals surface area contributed by atoms with Crippen LogP contribution in [0, 0.1) is 6.92 Å².